The average molecular weight is 654 g/mol. The van der Waals surface area contributed by atoms with Crippen LogP contribution in [0.4, 0.5) is 29.7 Å². The van der Waals surface area contributed by atoms with Gasteiger partial charge in [-0.15, -0.1) is 11.3 Å². The maximum atomic E-state index is 17.1. The molecule has 4 aromatic rings. The predicted molar refractivity (Wildman–Crippen MR) is 171 cm³/mol. The Labute approximate surface area is 267 Å². The number of nitrogens with zero attached hydrogens (tertiary/aromatic N) is 6. The molecule has 3 saturated heterocycles. The number of alkyl halides is 1. The van der Waals surface area contributed by atoms with Gasteiger partial charge in [0.2, 0.25) is 0 Å². The standard InChI is InChI=1S/C32H31ClF3N7OS/c1-41-14-17-5-2-3-10-43(17)30-23-26(39-31(40-30)44-15-32-8-4-9-42(32)13-16(34)11-32)25(36)22(24(33)27(23)41)18-6-7-20(35)28-21(18)19(12-37)29(38)45-28/h6-7,16-17H,2-5,8-11,13-15,38H2,1H3/t16-,17+,32+/m1/s1. The fourth-order valence-corrected chi connectivity index (χ4v) is 9.52. The van der Waals surface area contributed by atoms with Crippen LogP contribution >= 0.6 is 22.9 Å². The number of likely N-dealkylation sites (N-methyl/N-ethyl adjacent to an activating group) is 1. The van der Waals surface area contributed by atoms with Crippen molar-refractivity contribution in [2.75, 3.05) is 55.4 Å². The molecule has 3 atom stereocenters. The van der Waals surface area contributed by atoms with Crippen LogP contribution in [0.1, 0.15) is 44.1 Å². The van der Waals surface area contributed by atoms with Crippen molar-refractivity contribution in [3.05, 3.63) is 34.4 Å². The molecule has 2 aromatic heterocycles. The van der Waals surface area contributed by atoms with Crippen LogP contribution in [0.2, 0.25) is 5.02 Å². The van der Waals surface area contributed by atoms with Crippen LogP contribution < -0.4 is 20.3 Å². The number of nitrogen functional groups attached to an aromatic ring is 1. The highest BCUT2D eigenvalue weighted by molar-refractivity contribution is 7.23. The average Bonchev–Trinajstić information content (AvgIpc) is 3.64. The second kappa shape index (κ2) is 10.5. The molecule has 0 bridgehead atoms. The Kier molecular flexibility index (Phi) is 6.75. The quantitative estimate of drug-likeness (QED) is 0.261. The first-order chi connectivity index (χ1) is 21.7. The van der Waals surface area contributed by atoms with Crippen LogP contribution in [0.25, 0.3) is 32.1 Å². The van der Waals surface area contributed by atoms with Gasteiger partial charge in [0.05, 0.1) is 31.9 Å². The van der Waals surface area contributed by atoms with Crippen LogP contribution in [0.15, 0.2) is 12.1 Å². The molecule has 2 N–H and O–H groups in total. The molecule has 0 amide bonds. The van der Waals surface area contributed by atoms with Gasteiger partial charge in [0.25, 0.3) is 0 Å². The number of piperidine rings is 1. The summed E-state index contributed by atoms with van der Waals surface area (Å²) in [4.78, 5) is 15.9. The van der Waals surface area contributed by atoms with Gasteiger partial charge in [-0.1, -0.05) is 17.7 Å². The third kappa shape index (κ3) is 4.27. The van der Waals surface area contributed by atoms with E-state index in [0.29, 0.717) is 36.4 Å². The Morgan fingerprint density at radius 1 is 1.18 bits per heavy atom. The molecule has 4 aliphatic rings. The zero-order chi connectivity index (χ0) is 31.2. The van der Waals surface area contributed by atoms with E-state index in [1.54, 1.807) is 0 Å². The first-order valence-corrected chi connectivity index (χ1v) is 16.5. The fraction of sp³-hybridized carbons (Fsp3) is 0.469. The van der Waals surface area contributed by atoms with E-state index in [9.17, 15) is 14.0 Å². The summed E-state index contributed by atoms with van der Waals surface area (Å²) in [6, 6.07) is 4.87. The number of hydrogen-bond donors (Lipinski definition) is 1. The van der Waals surface area contributed by atoms with Crippen molar-refractivity contribution in [3.63, 3.8) is 0 Å². The summed E-state index contributed by atoms with van der Waals surface area (Å²) in [6.45, 7) is 2.77. The summed E-state index contributed by atoms with van der Waals surface area (Å²) in [5.74, 6) is -0.716. The van der Waals surface area contributed by atoms with E-state index in [-0.39, 0.29) is 61.0 Å². The minimum absolute atomic E-state index is 0.0115. The maximum Gasteiger partial charge on any atom is 0.319 e. The number of nitrogens with two attached hydrogens (primary N) is 1. The number of thiophene rings is 1. The molecule has 13 heteroatoms. The Morgan fingerprint density at radius 2 is 2.02 bits per heavy atom. The van der Waals surface area contributed by atoms with Crippen molar-refractivity contribution >= 4 is 60.4 Å². The number of benzene rings is 2. The number of aromatic nitrogens is 2. The Bertz CT molecular complexity index is 1930. The summed E-state index contributed by atoms with van der Waals surface area (Å²) in [6.07, 6.45) is 4.20. The van der Waals surface area contributed by atoms with Crippen LogP contribution in [-0.2, 0) is 0 Å². The molecule has 0 aliphatic carbocycles. The van der Waals surface area contributed by atoms with Gasteiger partial charge in [-0.25, -0.2) is 13.2 Å². The number of anilines is 3. The minimum Gasteiger partial charge on any atom is -0.461 e. The first-order valence-electron chi connectivity index (χ1n) is 15.3. The third-order valence-corrected chi connectivity index (χ3v) is 11.6. The first kappa shape index (κ1) is 28.9. The lowest BCUT2D eigenvalue weighted by Gasteiger charge is -2.37. The SMILES string of the molecule is CN1C[C@@H]2CCCCN2c2nc(OC[C@@]34CCCN3C[C@H](F)C4)nc3c(F)c(-c4ccc(F)c5sc(N)c(C#N)c45)c(Cl)c1c23. The minimum atomic E-state index is -0.914. The van der Waals surface area contributed by atoms with Crippen molar-refractivity contribution in [3.8, 4) is 23.2 Å². The van der Waals surface area contributed by atoms with Gasteiger partial charge in [-0.2, -0.15) is 15.2 Å². The second-order valence-corrected chi connectivity index (χ2v) is 14.2. The lowest BCUT2D eigenvalue weighted by Crippen LogP contribution is -2.45. The van der Waals surface area contributed by atoms with E-state index in [0.717, 1.165) is 56.5 Å². The highest BCUT2D eigenvalue weighted by atomic mass is 35.5. The third-order valence-electron chi connectivity index (χ3n) is 10.2. The molecular formula is C32H31ClF3N7OS. The lowest BCUT2D eigenvalue weighted by molar-refractivity contribution is 0.107. The Balaban J connectivity index is 1.37. The monoisotopic (exact) mass is 653 g/mol. The Hall–Kier alpha value is -3.53. The van der Waals surface area contributed by atoms with E-state index in [1.165, 1.54) is 12.1 Å². The van der Waals surface area contributed by atoms with Crippen molar-refractivity contribution < 1.29 is 17.9 Å². The van der Waals surface area contributed by atoms with Crippen LogP contribution in [0.3, 0.4) is 0 Å². The topological polar surface area (TPSA) is 94.5 Å². The molecular weight excluding hydrogens is 623 g/mol. The van der Waals surface area contributed by atoms with E-state index in [1.807, 2.05) is 11.9 Å². The number of hydrogen-bond acceptors (Lipinski definition) is 9. The molecule has 3 fully saturated rings. The summed E-state index contributed by atoms with van der Waals surface area (Å²) in [5, 5.41) is 10.9. The van der Waals surface area contributed by atoms with E-state index in [2.05, 4.69) is 20.9 Å². The van der Waals surface area contributed by atoms with Crippen molar-refractivity contribution in [1.29, 1.82) is 5.26 Å². The molecule has 8 nitrogen and oxygen atoms in total. The number of rotatable bonds is 4. The number of fused-ring (bicyclic) bond motifs is 4. The molecule has 8 rings (SSSR count). The molecule has 0 spiro atoms. The fourth-order valence-electron chi connectivity index (χ4n) is 8.15. The number of nitriles is 1. The summed E-state index contributed by atoms with van der Waals surface area (Å²) >= 11 is 8.11. The molecule has 6 heterocycles. The van der Waals surface area contributed by atoms with Crippen molar-refractivity contribution in [2.45, 2.75) is 56.3 Å². The van der Waals surface area contributed by atoms with E-state index >= 15 is 4.39 Å². The maximum absolute atomic E-state index is 17.1. The van der Waals surface area contributed by atoms with Gasteiger partial charge in [0.15, 0.2) is 5.82 Å². The van der Waals surface area contributed by atoms with E-state index < -0.39 is 23.3 Å². The molecule has 0 radical (unpaired) electrons. The number of ether oxygens (including phenoxy) is 1. The van der Waals surface area contributed by atoms with Crippen LogP contribution in [0, 0.1) is 23.0 Å². The van der Waals surface area contributed by atoms with Gasteiger partial charge in [0.1, 0.15) is 41.0 Å². The Morgan fingerprint density at radius 3 is 2.84 bits per heavy atom. The van der Waals surface area contributed by atoms with Gasteiger partial charge < -0.3 is 20.3 Å². The normalized spacial score (nSPS) is 24.6. The van der Waals surface area contributed by atoms with Crippen molar-refractivity contribution in [2.24, 2.45) is 0 Å². The zero-order valence-corrected chi connectivity index (χ0v) is 26.2. The number of halogens is 4. The van der Waals surface area contributed by atoms with E-state index in [4.69, 9.17) is 27.1 Å². The van der Waals surface area contributed by atoms with Crippen molar-refractivity contribution in [1.82, 2.24) is 14.9 Å². The highest BCUT2D eigenvalue weighted by Gasteiger charge is 2.49. The summed E-state index contributed by atoms with van der Waals surface area (Å²) in [7, 11) is 1.92. The second-order valence-electron chi connectivity index (χ2n) is 12.7. The molecule has 4 aliphatic heterocycles. The molecule has 45 heavy (non-hydrogen) atoms. The van der Waals surface area contributed by atoms with Gasteiger partial charge >= 0.3 is 6.01 Å². The largest absolute Gasteiger partial charge is 0.461 e. The lowest BCUT2D eigenvalue weighted by atomic mass is 9.95. The zero-order valence-electron chi connectivity index (χ0n) is 24.7. The van der Waals surface area contributed by atoms with Gasteiger partial charge in [-0.3, -0.25) is 4.90 Å². The smallest absolute Gasteiger partial charge is 0.319 e. The molecule has 2 aromatic carbocycles. The van der Waals surface area contributed by atoms with Crippen LogP contribution in [0.5, 0.6) is 6.01 Å². The molecule has 234 valence electrons. The highest BCUT2D eigenvalue weighted by Crippen LogP contribution is 2.51. The summed E-state index contributed by atoms with van der Waals surface area (Å²) < 4.78 is 53.1. The van der Waals surface area contributed by atoms with Crippen LogP contribution in [-0.4, -0.2) is 72.5 Å². The predicted octanol–water partition coefficient (Wildman–Crippen LogP) is 6.66. The van der Waals surface area contributed by atoms with Gasteiger partial charge in [0, 0.05) is 50.1 Å². The molecule has 0 unspecified atom stereocenters. The van der Waals surface area contributed by atoms with Gasteiger partial charge in [-0.05, 0) is 50.3 Å². The molecule has 0 saturated carbocycles. The summed E-state index contributed by atoms with van der Waals surface area (Å²) in [5.41, 5.74) is 6.62.